The molecule has 84 heavy (non-hydrogen) atoms. The number of hydrazone groups is 1. The lowest BCUT2D eigenvalue weighted by Crippen LogP contribution is -2.34. The maximum atomic E-state index is 10.9. The van der Waals surface area contributed by atoms with Crippen LogP contribution < -0.4 is 55.6 Å². The Bertz CT molecular complexity index is 3120. The lowest BCUT2D eigenvalue weighted by molar-refractivity contribution is -0.156. The molecule has 0 bridgehead atoms. The van der Waals surface area contributed by atoms with E-state index in [1.807, 2.05) is 41.8 Å². The van der Waals surface area contributed by atoms with Crippen molar-refractivity contribution >= 4 is 238 Å². The van der Waals surface area contributed by atoms with Crippen molar-refractivity contribution in [3.8, 4) is 18.2 Å². The van der Waals surface area contributed by atoms with Gasteiger partial charge in [0, 0.05) is 101 Å². The van der Waals surface area contributed by atoms with Crippen molar-refractivity contribution in [3.05, 3.63) is 139 Å². The number of benzene rings is 5. The normalized spacial score (nSPS) is 8.56. The van der Waals surface area contributed by atoms with Crippen molar-refractivity contribution < 1.29 is 53.3 Å². The average Bonchev–Trinajstić information content (AvgIpc) is 3.54. The molecular weight excluding hydrogens is 1720 g/mol. The lowest BCUT2D eigenvalue weighted by Gasteiger charge is -2.05. The van der Waals surface area contributed by atoms with E-state index >= 15 is 0 Å². The SMILES string of the molecule is CC(=O)Nc1ccc(/C=N/NC(N)=S)cc1I.CC(=O)Nc1ccc(C#N)cc1I.CC(=O)Nc1ccc(C=O)cc1I.CC(=O)O.CC(=O)O.CC(=O)OC(C)=O.ClI.N#Cc1ccc(N)c(I)c1.N#Cc1ccc(N)cc1.NNC(N)=S. The number of ether oxygens (including phenoxy) is 1. The number of halogens is 6. The number of esters is 2. The number of carboxylic acids is 2. The molecule has 3 amide bonds. The van der Waals surface area contributed by atoms with Crippen LogP contribution >= 0.6 is 145 Å². The summed E-state index contributed by atoms with van der Waals surface area (Å²) < 4.78 is 7.55. The molecule has 0 spiro atoms. The summed E-state index contributed by atoms with van der Waals surface area (Å²) in [6.07, 6.45) is 2.37. The molecule has 0 unspecified atom stereocenters. The van der Waals surface area contributed by atoms with E-state index in [2.05, 4.69) is 161 Å². The zero-order valence-corrected chi connectivity index (χ0v) is 58.4. The highest BCUT2D eigenvalue weighted by Crippen LogP contribution is 2.21. The van der Waals surface area contributed by atoms with Crippen LogP contribution in [0.3, 0.4) is 0 Å². The number of nitrogen functional groups attached to an aromatic ring is 2. The number of nitrogens with zero attached hydrogens (tertiary/aromatic N) is 4. The minimum absolute atomic E-state index is 0.0977. The quantitative estimate of drug-likeness (QED) is 0.00867. The van der Waals surface area contributed by atoms with E-state index < -0.39 is 23.9 Å². The summed E-state index contributed by atoms with van der Waals surface area (Å²) in [5.41, 5.74) is 32.5. The highest BCUT2D eigenvalue weighted by molar-refractivity contribution is 14.1. The Morgan fingerprint density at radius 1 is 0.560 bits per heavy atom. The number of thiocarbonyl (C=S) groups is 2. The van der Waals surface area contributed by atoms with Gasteiger partial charge in [-0.2, -0.15) is 20.9 Å². The molecule has 450 valence electrons. The first-order valence-corrected chi connectivity index (χ1v) is 29.9. The van der Waals surface area contributed by atoms with Crippen LogP contribution in [0.1, 0.15) is 81.1 Å². The number of anilines is 5. The fourth-order valence-corrected chi connectivity index (χ4v) is 6.77. The van der Waals surface area contributed by atoms with E-state index in [-0.39, 0.29) is 27.9 Å². The summed E-state index contributed by atoms with van der Waals surface area (Å²) in [5, 5.41) is 52.4. The summed E-state index contributed by atoms with van der Waals surface area (Å²) in [6.45, 7) is 8.90. The Morgan fingerprint density at radius 2 is 0.881 bits per heavy atom. The maximum Gasteiger partial charge on any atom is 0.310 e. The first-order chi connectivity index (χ1) is 39.2. The molecule has 0 radical (unpaired) electrons. The molecule has 0 saturated carbocycles. The second-order valence-electron chi connectivity index (χ2n) is 14.4. The number of carbonyl (C=O) groups is 8. The number of nitriles is 3. The minimum Gasteiger partial charge on any atom is -0.481 e. The molecule has 0 aliphatic rings. The number of amides is 3. The van der Waals surface area contributed by atoms with Gasteiger partial charge in [0.05, 0.1) is 58.2 Å². The molecule has 17 N–H and O–H groups in total. The molecule has 0 fully saturated rings. The van der Waals surface area contributed by atoms with Crippen LogP contribution in [0.2, 0.25) is 0 Å². The Balaban J connectivity index is -0.000000287. The maximum absolute atomic E-state index is 10.9. The lowest BCUT2D eigenvalue weighted by atomic mass is 10.2. The van der Waals surface area contributed by atoms with Gasteiger partial charge in [0.2, 0.25) is 17.7 Å². The first-order valence-electron chi connectivity index (χ1n) is 22.0. The van der Waals surface area contributed by atoms with Crippen molar-refractivity contribution in [2.75, 3.05) is 27.4 Å². The Labute approximate surface area is 567 Å². The molecule has 0 saturated heterocycles. The van der Waals surface area contributed by atoms with Gasteiger partial charge < -0.3 is 59.3 Å². The molecule has 0 aromatic heterocycles. The topological polar surface area (TPSA) is 460 Å². The van der Waals surface area contributed by atoms with Crippen molar-refractivity contribution in [2.45, 2.75) is 48.5 Å². The summed E-state index contributed by atoms with van der Waals surface area (Å²) in [7, 11) is 4.61. The van der Waals surface area contributed by atoms with E-state index in [9.17, 15) is 28.8 Å². The fraction of sp³-hybridized carbons (Fsp3) is 0.137. The van der Waals surface area contributed by atoms with E-state index in [4.69, 9.17) is 58.5 Å². The zero-order chi connectivity index (χ0) is 66.1. The summed E-state index contributed by atoms with van der Waals surface area (Å²) in [4.78, 5) is 80.4. The van der Waals surface area contributed by atoms with Crippen LogP contribution in [-0.2, 0) is 38.3 Å². The van der Waals surface area contributed by atoms with Crippen LogP contribution in [0, 0.1) is 48.3 Å². The number of hydrogen-bond donors (Lipinski definition) is 12. The van der Waals surface area contributed by atoms with Crippen LogP contribution in [0.25, 0.3) is 0 Å². The Morgan fingerprint density at radius 3 is 1.17 bits per heavy atom. The third-order valence-electron chi connectivity index (χ3n) is 7.14. The highest BCUT2D eigenvalue weighted by atomic mass is 127. The largest absolute Gasteiger partial charge is 0.481 e. The van der Waals surface area contributed by atoms with Gasteiger partial charge in [-0.15, -0.1) is 0 Å². The van der Waals surface area contributed by atoms with Crippen LogP contribution in [0.5, 0.6) is 0 Å². The zero-order valence-electron chi connectivity index (χ0n) is 45.2. The monoisotopic (exact) mass is 1770 g/mol. The second kappa shape index (κ2) is 53.0. The molecule has 0 aliphatic carbocycles. The van der Waals surface area contributed by atoms with E-state index in [1.54, 1.807) is 107 Å². The molecule has 33 heteroatoms. The molecule has 5 aromatic rings. The van der Waals surface area contributed by atoms with Gasteiger partial charge in [-0.3, -0.25) is 43.8 Å². The molecule has 0 heterocycles. The first kappa shape index (κ1) is 86.1. The number of carbonyl (C=O) groups excluding carboxylic acids is 6. The van der Waals surface area contributed by atoms with Crippen molar-refractivity contribution in [3.63, 3.8) is 0 Å². The van der Waals surface area contributed by atoms with Gasteiger partial charge in [0.25, 0.3) is 11.9 Å². The van der Waals surface area contributed by atoms with Gasteiger partial charge in [0.15, 0.2) is 10.2 Å². The molecule has 25 nitrogen and oxygen atoms in total. The van der Waals surface area contributed by atoms with Crippen molar-refractivity contribution in [2.24, 2.45) is 22.4 Å². The third-order valence-corrected chi connectivity index (χ3v) is 11.0. The summed E-state index contributed by atoms with van der Waals surface area (Å²) in [6, 6.07) is 33.8. The average molecular weight is 1780 g/mol. The minimum atomic E-state index is -0.833. The number of hydrogen-bond acceptors (Lipinski definition) is 18. The number of hydrazine groups is 1. The van der Waals surface area contributed by atoms with Gasteiger partial charge >= 0.3 is 11.9 Å². The summed E-state index contributed by atoms with van der Waals surface area (Å²) in [5.74, 6) is 1.54. The van der Waals surface area contributed by atoms with Gasteiger partial charge in [-0.25, -0.2) is 5.84 Å². The number of nitrogens with two attached hydrogens (primary N) is 5. The molecule has 5 rings (SSSR count). The fourth-order valence-electron chi connectivity index (χ4n) is 4.20. The molecular formula is C51H56ClI5N14O11S2. The number of aldehydes is 1. The molecule has 0 aliphatic heterocycles. The number of carboxylic acid groups (broad SMARTS) is 2. The van der Waals surface area contributed by atoms with Crippen molar-refractivity contribution in [1.82, 2.24) is 10.9 Å². The second-order valence-corrected chi connectivity index (χ2v) is 19.9. The standard InChI is InChI=1S/C10H11IN4OS.C9H7IN2O.C9H8INO2.C7H5IN2.C7H6N2.C4H6O3.2C2H4O2.CH5N3S.ClI/c1-6(16)14-9-3-2-7(4-8(9)11)5-13-15-10(12)17;1-6(13)12-9-3-2-7(5-11)4-8(9)10;1-6(13)11-9-3-2-7(5-12)4-8(9)10;8-6-3-5(4-9)1-2-7(6)10;8-5-6-1-3-7(9)4-2-6;1-3(5)7-4(2)6;2*1-2(3)4;2-1(5)4-3;1-2/h2-5H,1H3,(H,14,16)(H3,12,15,17);2-4H,1H3,(H,12,13);2-5H,1H3,(H,11,13);1-3H,10H2;1-4H,9H2;1-2H3;2*1H3,(H,3,4);3H2,(H3,2,4,5);/b13-5+;;;;;;;;;. The number of nitrogens with one attached hydrogen (secondary N) is 5. The van der Waals surface area contributed by atoms with Crippen LogP contribution in [-0.4, -0.2) is 74.5 Å². The number of rotatable bonds is 6. The van der Waals surface area contributed by atoms with Crippen molar-refractivity contribution in [1.29, 1.82) is 15.8 Å². The Hall–Kier alpha value is -6.72. The predicted molar refractivity (Wildman–Crippen MR) is 375 cm³/mol. The van der Waals surface area contributed by atoms with E-state index in [0.717, 1.165) is 62.7 Å². The molecule has 5 aromatic carbocycles. The van der Waals surface area contributed by atoms with Crippen LogP contribution in [0.15, 0.2) is 102 Å². The Kier molecular flexibility index (Phi) is 54.3. The molecule has 0 atom stereocenters. The van der Waals surface area contributed by atoms with Gasteiger partial charge in [-0.1, -0.05) is 6.07 Å². The predicted octanol–water partition coefficient (Wildman–Crippen LogP) is 9.03. The summed E-state index contributed by atoms with van der Waals surface area (Å²) >= 11 is 18.8. The van der Waals surface area contributed by atoms with Crippen LogP contribution in [0.4, 0.5) is 28.4 Å². The van der Waals surface area contributed by atoms with Gasteiger partial charge in [0.1, 0.15) is 6.29 Å². The van der Waals surface area contributed by atoms with Gasteiger partial charge in [-0.05, 0) is 220 Å². The third kappa shape index (κ3) is 54.5. The smallest absolute Gasteiger partial charge is 0.310 e. The van der Waals surface area contributed by atoms with E-state index in [1.165, 1.54) is 34.6 Å². The number of aliphatic carboxylic acids is 2. The highest BCUT2D eigenvalue weighted by Gasteiger charge is 2.04. The van der Waals surface area contributed by atoms with E-state index in [0.29, 0.717) is 27.9 Å².